The van der Waals surface area contributed by atoms with Crippen LogP contribution >= 0.6 is 0 Å². The summed E-state index contributed by atoms with van der Waals surface area (Å²) in [6.45, 7) is 2.92. The molecule has 0 saturated carbocycles. The standard InChI is InChI=1S/C20H19N3O3.C18H19F3N4O2/c24-19(17-13-26-20(23-17)15-4-2-1-3-5-15)22-16-8-6-14(7-9-16)18-12-21-10-11-25-18;19-18(20,21)11-27-16-10-23-15(9-24-16)17(26)25-14-5-3-12(4-6-14)13-2-1-7-22-8-13/h1-9,13,18,21H,10-12H2,(H,22,24);3-6,9-10,13,22H,1-2,7-8,11H2,(H,25,26)/t;13-/m.1/s1. The summed E-state index contributed by atoms with van der Waals surface area (Å²) >= 11 is 0. The van der Waals surface area contributed by atoms with E-state index in [2.05, 4.69) is 41.0 Å². The van der Waals surface area contributed by atoms with Gasteiger partial charge in [-0.25, -0.2) is 15.0 Å². The molecule has 4 N–H and O–H groups in total. The highest BCUT2D eigenvalue weighted by Crippen LogP contribution is 2.25. The van der Waals surface area contributed by atoms with Gasteiger partial charge in [0, 0.05) is 36.6 Å². The molecular formula is C38H38F3N7O5. The quantitative estimate of drug-likeness (QED) is 0.134. The van der Waals surface area contributed by atoms with Crippen molar-refractivity contribution in [2.45, 2.75) is 31.0 Å². The van der Waals surface area contributed by atoms with Crippen LogP contribution in [0.3, 0.4) is 0 Å². The van der Waals surface area contributed by atoms with Gasteiger partial charge in [0.2, 0.25) is 11.8 Å². The van der Waals surface area contributed by atoms with E-state index in [9.17, 15) is 22.8 Å². The summed E-state index contributed by atoms with van der Waals surface area (Å²) in [5.41, 5.74) is 4.66. The SMILES string of the molecule is O=C(Nc1ccc(C2CNCCO2)cc1)c1coc(-c2ccccc2)n1.O=C(Nc1ccc([C@@H]2CCCNC2)cc1)c1cnc(OCC(F)(F)F)cn1. The highest BCUT2D eigenvalue weighted by molar-refractivity contribution is 6.03. The number of hydrogen-bond acceptors (Lipinski definition) is 10. The maximum atomic E-state index is 12.4. The number of rotatable bonds is 9. The number of morpholine rings is 1. The van der Waals surface area contributed by atoms with Crippen LogP contribution in [0, 0.1) is 0 Å². The summed E-state index contributed by atoms with van der Waals surface area (Å²) in [6.07, 6.45) is 1.30. The normalized spacial score (nSPS) is 17.2. The average molecular weight is 730 g/mol. The van der Waals surface area contributed by atoms with E-state index in [1.807, 2.05) is 78.9 Å². The van der Waals surface area contributed by atoms with Crippen molar-refractivity contribution in [3.63, 3.8) is 0 Å². The van der Waals surface area contributed by atoms with E-state index < -0.39 is 18.7 Å². The van der Waals surface area contributed by atoms with Gasteiger partial charge in [0.1, 0.15) is 12.0 Å². The van der Waals surface area contributed by atoms with Gasteiger partial charge in [0.15, 0.2) is 12.3 Å². The molecule has 2 amide bonds. The molecule has 15 heteroatoms. The number of anilines is 2. The number of halogens is 3. The minimum absolute atomic E-state index is 0.0186. The van der Waals surface area contributed by atoms with Crippen LogP contribution in [0.5, 0.6) is 5.88 Å². The van der Waals surface area contributed by atoms with Crippen LogP contribution in [-0.2, 0) is 4.74 Å². The zero-order chi connectivity index (χ0) is 37.0. The van der Waals surface area contributed by atoms with Crippen molar-refractivity contribution in [1.82, 2.24) is 25.6 Å². The highest BCUT2D eigenvalue weighted by atomic mass is 19.4. The Kier molecular flexibility index (Phi) is 12.4. The monoisotopic (exact) mass is 729 g/mol. The van der Waals surface area contributed by atoms with E-state index in [4.69, 9.17) is 9.15 Å². The molecule has 2 aromatic heterocycles. The van der Waals surface area contributed by atoms with Gasteiger partial charge in [-0.1, -0.05) is 42.5 Å². The Balaban J connectivity index is 0.000000181. The van der Waals surface area contributed by atoms with Gasteiger partial charge in [0.25, 0.3) is 11.8 Å². The zero-order valence-corrected chi connectivity index (χ0v) is 28.6. The van der Waals surface area contributed by atoms with Crippen molar-refractivity contribution in [1.29, 1.82) is 0 Å². The van der Waals surface area contributed by atoms with Crippen LogP contribution in [0.2, 0.25) is 0 Å². The molecule has 2 fully saturated rings. The lowest BCUT2D eigenvalue weighted by Crippen LogP contribution is -2.33. The molecule has 2 atom stereocenters. The van der Waals surface area contributed by atoms with Gasteiger partial charge in [0.05, 0.1) is 25.1 Å². The van der Waals surface area contributed by atoms with Gasteiger partial charge >= 0.3 is 6.18 Å². The number of nitrogens with one attached hydrogen (secondary N) is 4. The third-order valence-corrected chi connectivity index (χ3v) is 8.41. The molecule has 4 heterocycles. The van der Waals surface area contributed by atoms with Crippen molar-refractivity contribution in [3.8, 4) is 17.3 Å². The van der Waals surface area contributed by atoms with E-state index in [-0.39, 0.29) is 29.3 Å². The summed E-state index contributed by atoms with van der Waals surface area (Å²) in [4.78, 5) is 36.3. The van der Waals surface area contributed by atoms with Crippen molar-refractivity contribution in [3.05, 3.63) is 120 Å². The lowest BCUT2D eigenvalue weighted by molar-refractivity contribution is -0.154. The number of carbonyl (C=O) groups excluding carboxylic acids is 2. The average Bonchev–Trinajstić information content (AvgIpc) is 3.70. The molecule has 53 heavy (non-hydrogen) atoms. The Morgan fingerprint density at radius 1 is 0.811 bits per heavy atom. The summed E-state index contributed by atoms with van der Waals surface area (Å²) in [5.74, 6) is -0.211. The Morgan fingerprint density at radius 2 is 1.49 bits per heavy atom. The number of oxazole rings is 1. The number of hydrogen-bond donors (Lipinski definition) is 4. The second kappa shape index (κ2) is 17.7. The topological polar surface area (TPSA) is 153 Å². The fourth-order valence-corrected chi connectivity index (χ4v) is 5.68. The molecule has 2 saturated heterocycles. The minimum atomic E-state index is -4.46. The molecular weight excluding hydrogens is 691 g/mol. The molecule has 276 valence electrons. The largest absolute Gasteiger partial charge is 0.467 e. The number of aromatic nitrogens is 3. The molecule has 3 aromatic carbocycles. The first-order valence-corrected chi connectivity index (χ1v) is 17.1. The van der Waals surface area contributed by atoms with Crippen LogP contribution in [0.15, 0.2) is 102 Å². The predicted molar refractivity (Wildman–Crippen MR) is 191 cm³/mol. The first kappa shape index (κ1) is 37.1. The van der Waals surface area contributed by atoms with Crippen LogP contribution in [0.1, 0.15) is 57.0 Å². The Hall–Kier alpha value is -5.64. The van der Waals surface area contributed by atoms with E-state index in [0.717, 1.165) is 62.5 Å². The molecule has 2 aliphatic rings. The van der Waals surface area contributed by atoms with Gasteiger partial charge in [-0.2, -0.15) is 13.2 Å². The molecule has 12 nitrogen and oxygen atoms in total. The van der Waals surface area contributed by atoms with Crippen molar-refractivity contribution in [2.24, 2.45) is 0 Å². The summed E-state index contributed by atoms with van der Waals surface area (Å²) < 4.78 is 51.9. The summed E-state index contributed by atoms with van der Waals surface area (Å²) in [7, 11) is 0. The van der Waals surface area contributed by atoms with Gasteiger partial charge in [-0.15, -0.1) is 0 Å². The Bertz CT molecular complexity index is 1910. The molecule has 0 aliphatic carbocycles. The van der Waals surface area contributed by atoms with Crippen LogP contribution in [-0.4, -0.2) is 72.3 Å². The van der Waals surface area contributed by atoms with E-state index in [0.29, 0.717) is 29.8 Å². The van der Waals surface area contributed by atoms with Crippen LogP contribution in [0.25, 0.3) is 11.5 Å². The smallest absolute Gasteiger partial charge is 0.422 e. The Labute approximate surface area is 303 Å². The maximum Gasteiger partial charge on any atom is 0.422 e. The Morgan fingerprint density at radius 3 is 2.09 bits per heavy atom. The number of amides is 2. The van der Waals surface area contributed by atoms with Gasteiger partial charge in [-0.05, 0) is 72.8 Å². The lowest BCUT2D eigenvalue weighted by Gasteiger charge is -2.24. The number of piperidine rings is 1. The molecule has 1 unspecified atom stereocenters. The number of benzene rings is 3. The summed E-state index contributed by atoms with van der Waals surface area (Å²) in [6, 6.07) is 24.7. The maximum absolute atomic E-state index is 12.4. The van der Waals surface area contributed by atoms with Crippen molar-refractivity contribution in [2.75, 3.05) is 50.0 Å². The third-order valence-electron chi connectivity index (χ3n) is 8.41. The number of carbonyl (C=O) groups is 2. The van der Waals surface area contributed by atoms with Crippen LogP contribution < -0.4 is 26.0 Å². The predicted octanol–water partition coefficient (Wildman–Crippen LogP) is 6.39. The second-order valence-corrected chi connectivity index (χ2v) is 12.3. The number of alkyl halides is 3. The fraction of sp³-hybridized carbons (Fsp3) is 0.289. The molecule has 7 rings (SSSR count). The summed E-state index contributed by atoms with van der Waals surface area (Å²) in [5, 5.41) is 12.2. The molecule has 0 spiro atoms. The van der Waals surface area contributed by atoms with Crippen LogP contribution in [0.4, 0.5) is 24.5 Å². The molecule has 0 radical (unpaired) electrons. The second-order valence-electron chi connectivity index (χ2n) is 12.3. The number of ether oxygens (including phenoxy) is 2. The first-order valence-electron chi connectivity index (χ1n) is 17.1. The van der Waals surface area contributed by atoms with E-state index in [1.54, 1.807) is 0 Å². The van der Waals surface area contributed by atoms with E-state index in [1.165, 1.54) is 11.8 Å². The highest BCUT2D eigenvalue weighted by Gasteiger charge is 2.29. The molecule has 0 bridgehead atoms. The van der Waals surface area contributed by atoms with E-state index >= 15 is 0 Å². The van der Waals surface area contributed by atoms with Gasteiger partial charge in [-0.3, -0.25) is 9.59 Å². The fourth-order valence-electron chi connectivity index (χ4n) is 5.68. The first-order chi connectivity index (χ1) is 25.7. The lowest BCUT2D eigenvalue weighted by atomic mass is 9.92. The molecule has 2 aliphatic heterocycles. The third kappa shape index (κ3) is 10.9. The van der Waals surface area contributed by atoms with Crippen molar-refractivity contribution >= 4 is 23.2 Å². The van der Waals surface area contributed by atoms with Crippen molar-refractivity contribution < 1.29 is 36.7 Å². The number of nitrogens with zero attached hydrogens (tertiary/aromatic N) is 3. The van der Waals surface area contributed by atoms with Gasteiger partial charge < -0.3 is 35.2 Å². The molecule has 5 aromatic rings. The zero-order valence-electron chi connectivity index (χ0n) is 28.6. The minimum Gasteiger partial charge on any atom is -0.467 e.